The number of carbonyl (C=O) groups is 1. The van der Waals surface area contributed by atoms with Crippen LogP contribution >= 0.6 is 0 Å². The summed E-state index contributed by atoms with van der Waals surface area (Å²) in [6.45, 7) is 3.55. The van der Waals surface area contributed by atoms with Crippen LogP contribution < -0.4 is 0 Å². The van der Waals surface area contributed by atoms with Gasteiger partial charge >= 0.3 is 5.97 Å². The molecule has 0 bridgehead atoms. The maximum Gasteiger partial charge on any atom is 0.342 e. The summed E-state index contributed by atoms with van der Waals surface area (Å²) in [4.78, 5) is 20.7. The molecule has 0 aliphatic heterocycles. The van der Waals surface area contributed by atoms with Crippen molar-refractivity contribution in [1.29, 1.82) is 0 Å². The van der Waals surface area contributed by atoms with Crippen LogP contribution in [0.1, 0.15) is 22.3 Å². The van der Waals surface area contributed by atoms with Crippen molar-refractivity contribution < 1.29 is 14.8 Å². The Balaban J connectivity index is 3.12. The standard InChI is InChI=1S/C11H11NO4/c1-2-3-4-8-5-6-9(11(13)14)10(7-8)12(15)16/h2,5-7H,1,3-4H2,(H,13,14). The minimum Gasteiger partial charge on any atom is -0.477 e. The zero-order chi connectivity index (χ0) is 12.1. The first kappa shape index (κ1) is 11.9. The van der Waals surface area contributed by atoms with Crippen LogP contribution in [0, 0.1) is 10.1 Å². The van der Waals surface area contributed by atoms with Crippen LogP contribution in [-0.2, 0) is 6.42 Å². The van der Waals surface area contributed by atoms with Crippen LogP contribution in [0.4, 0.5) is 5.69 Å². The molecule has 84 valence electrons. The monoisotopic (exact) mass is 221 g/mol. The highest BCUT2D eigenvalue weighted by Crippen LogP contribution is 2.21. The molecule has 0 spiro atoms. The molecule has 1 N–H and O–H groups in total. The number of nitro groups is 1. The van der Waals surface area contributed by atoms with Crippen molar-refractivity contribution >= 4 is 11.7 Å². The molecule has 0 fully saturated rings. The Morgan fingerprint density at radius 3 is 2.75 bits per heavy atom. The molecule has 0 saturated carbocycles. The van der Waals surface area contributed by atoms with Crippen molar-refractivity contribution in [2.45, 2.75) is 12.8 Å². The van der Waals surface area contributed by atoms with Crippen molar-refractivity contribution in [3.8, 4) is 0 Å². The van der Waals surface area contributed by atoms with Crippen LogP contribution in [0.25, 0.3) is 0 Å². The molecule has 1 rings (SSSR count). The van der Waals surface area contributed by atoms with E-state index in [0.717, 1.165) is 5.56 Å². The second-order valence-corrected chi connectivity index (χ2v) is 3.24. The van der Waals surface area contributed by atoms with E-state index in [0.29, 0.717) is 12.8 Å². The lowest BCUT2D eigenvalue weighted by Crippen LogP contribution is -2.03. The van der Waals surface area contributed by atoms with Gasteiger partial charge in [0, 0.05) is 6.07 Å². The third-order valence-corrected chi connectivity index (χ3v) is 2.13. The largest absolute Gasteiger partial charge is 0.477 e. The highest BCUT2D eigenvalue weighted by atomic mass is 16.6. The predicted molar refractivity (Wildman–Crippen MR) is 58.6 cm³/mol. The van der Waals surface area contributed by atoms with Gasteiger partial charge in [-0.1, -0.05) is 12.1 Å². The maximum atomic E-state index is 10.7. The molecule has 1 aromatic rings. The number of carboxylic acid groups (broad SMARTS) is 1. The average molecular weight is 221 g/mol. The summed E-state index contributed by atoms with van der Waals surface area (Å²) in [5.74, 6) is -1.29. The van der Waals surface area contributed by atoms with E-state index in [4.69, 9.17) is 5.11 Å². The molecule has 0 atom stereocenters. The second kappa shape index (κ2) is 5.06. The first-order valence-electron chi connectivity index (χ1n) is 4.67. The summed E-state index contributed by atoms with van der Waals surface area (Å²) in [6.07, 6.45) is 3.02. The number of hydrogen-bond acceptors (Lipinski definition) is 3. The van der Waals surface area contributed by atoms with Gasteiger partial charge in [-0.3, -0.25) is 10.1 Å². The number of rotatable bonds is 5. The molecule has 0 radical (unpaired) electrons. The molecule has 0 aliphatic rings. The number of nitro benzene ring substituents is 1. The Labute approximate surface area is 92.2 Å². The fraction of sp³-hybridized carbons (Fsp3) is 0.182. The van der Waals surface area contributed by atoms with Gasteiger partial charge in [-0.05, 0) is 24.5 Å². The minimum absolute atomic E-state index is 0.285. The molecule has 0 aromatic heterocycles. The fourth-order valence-electron chi connectivity index (χ4n) is 1.33. The van der Waals surface area contributed by atoms with Gasteiger partial charge < -0.3 is 5.11 Å². The number of carboxylic acids is 1. The minimum atomic E-state index is -1.29. The third kappa shape index (κ3) is 2.66. The quantitative estimate of drug-likeness (QED) is 0.470. The molecule has 0 aliphatic carbocycles. The van der Waals surface area contributed by atoms with Crippen molar-refractivity contribution in [2.75, 3.05) is 0 Å². The number of hydrogen-bond donors (Lipinski definition) is 1. The van der Waals surface area contributed by atoms with Gasteiger partial charge in [-0.15, -0.1) is 6.58 Å². The van der Waals surface area contributed by atoms with Crippen molar-refractivity contribution in [3.05, 3.63) is 52.1 Å². The predicted octanol–water partition coefficient (Wildman–Crippen LogP) is 2.41. The number of benzene rings is 1. The number of nitrogens with zero attached hydrogens (tertiary/aromatic N) is 1. The summed E-state index contributed by atoms with van der Waals surface area (Å²) < 4.78 is 0. The summed E-state index contributed by atoms with van der Waals surface area (Å²) >= 11 is 0. The van der Waals surface area contributed by atoms with Gasteiger partial charge in [0.1, 0.15) is 5.56 Å². The smallest absolute Gasteiger partial charge is 0.342 e. The Bertz CT molecular complexity index is 440. The van der Waals surface area contributed by atoms with Crippen molar-refractivity contribution in [3.63, 3.8) is 0 Å². The summed E-state index contributed by atoms with van der Waals surface area (Å²) in [5, 5.41) is 19.4. The van der Waals surface area contributed by atoms with E-state index in [9.17, 15) is 14.9 Å². The SMILES string of the molecule is C=CCCc1ccc(C(=O)O)c([N+](=O)[O-])c1. The number of aryl methyl sites for hydroxylation is 1. The fourth-order valence-corrected chi connectivity index (χ4v) is 1.33. The molecule has 0 heterocycles. The van der Waals surface area contributed by atoms with Gasteiger partial charge in [-0.25, -0.2) is 4.79 Å². The van der Waals surface area contributed by atoms with E-state index in [1.165, 1.54) is 12.1 Å². The van der Waals surface area contributed by atoms with Gasteiger partial charge in [-0.2, -0.15) is 0 Å². The van der Waals surface area contributed by atoms with Gasteiger partial charge in [0.25, 0.3) is 5.69 Å². The van der Waals surface area contributed by atoms with Gasteiger partial charge in [0.15, 0.2) is 0 Å². The average Bonchev–Trinajstić information content (AvgIpc) is 2.25. The molecule has 1 aromatic carbocycles. The van der Waals surface area contributed by atoms with Crippen LogP contribution in [0.5, 0.6) is 0 Å². The van der Waals surface area contributed by atoms with Gasteiger partial charge in [0.05, 0.1) is 4.92 Å². The molecule has 0 amide bonds. The molecule has 5 heteroatoms. The number of allylic oxidation sites excluding steroid dienone is 1. The van der Waals surface area contributed by atoms with E-state index >= 15 is 0 Å². The van der Waals surface area contributed by atoms with Crippen LogP contribution in [0.15, 0.2) is 30.9 Å². The van der Waals surface area contributed by atoms with E-state index in [-0.39, 0.29) is 11.3 Å². The van der Waals surface area contributed by atoms with E-state index < -0.39 is 10.9 Å². The van der Waals surface area contributed by atoms with E-state index in [1.807, 2.05) is 0 Å². The van der Waals surface area contributed by atoms with E-state index in [1.54, 1.807) is 12.1 Å². The van der Waals surface area contributed by atoms with Crippen molar-refractivity contribution in [1.82, 2.24) is 0 Å². The Hall–Kier alpha value is -2.17. The summed E-state index contributed by atoms with van der Waals surface area (Å²) in [7, 11) is 0. The molecule has 5 nitrogen and oxygen atoms in total. The molecular weight excluding hydrogens is 210 g/mol. The first-order chi connectivity index (χ1) is 7.56. The van der Waals surface area contributed by atoms with Crippen molar-refractivity contribution in [2.24, 2.45) is 0 Å². The lowest BCUT2D eigenvalue weighted by atomic mass is 10.1. The lowest BCUT2D eigenvalue weighted by molar-refractivity contribution is -0.385. The van der Waals surface area contributed by atoms with Gasteiger partial charge in [0.2, 0.25) is 0 Å². The summed E-state index contributed by atoms with van der Waals surface area (Å²) in [6, 6.07) is 4.14. The Morgan fingerprint density at radius 1 is 1.56 bits per heavy atom. The van der Waals surface area contributed by atoms with Crippen LogP contribution in [0.3, 0.4) is 0 Å². The maximum absolute atomic E-state index is 10.7. The Morgan fingerprint density at radius 2 is 2.25 bits per heavy atom. The van der Waals surface area contributed by atoms with Crippen LogP contribution in [-0.4, -0.2) is 16.0 Å². The zero-order valence-electron chi connectivity index (χ0n) is 8.55. The van der Waals surface area contributed by atoms with E-state index in [2.05, 4.69) is 6.58 Å². The highest BCUT2D eigenvalue weighted by molar-refractivity contribution is 5.92. The molecule has 16 heavy (non-hydrogen) atoms. The van der Waals surface area contributed by atoms with Crippen LogP contribution in [0.2, 0.25) is 0 Å². The molecule has 0 saturated heterocycles. The normalized spacial score (nSPS) is 9.75. The Kier molecular flexibility index (Phi) is 3.77. The molecule has 0 unspecified atom stereocenters. The second-order valence-electron chi connectivity index (χ2n) is 3.24. The number of aromatic carboxylic acids is 1. The topological polar surface area (TPSA) is 80.4 Å². The first-order valence-corrected chi connectivity index (χ1v) is 4.67. The summed E-state index contributed by atoms with van der Waals surface area (Å²) in [5.41, 5.74) is 0.0815. The molecular formula is C11H11NO4. The lowest BCUT2D eigenvalue weighted by Gasteiger charge is -2.01. The zero-order valence-corrected chi connectivity index (χ0v) is 8.55. The third-order valence-electron chi connectivity index (χ3n) is 2.13. The highest BCUT2D eigenvalue weighted by Gasteiger charge is 2.19.